The quantitative estimate of drug-likeness (QED) is 0.847. The molecule has 0 aliphatic rings. The third kappa shape index (κ3) is 3.22. The summed E-state index contributed by atoms with van der Waals surface area (Å²) in [6, 6.07) is 6.68. The van der Waals surface area contributed by atoms with Gasteiger partial charge in [-0.1, -0.05) is 13.3 Å². The molecule has 0 fully saturated rings. The second kappa shape index (κ2) is 5.90. The summed E-state index contributed by atoms with van der Waals surface area (Å²) >= 11 is 0. The third-order valence-corrected chi connectivity index (χ3v) is 2.62. The molecule has 1 aromatic rings. The van der Waals surface area contributed by atoms with Crippen LogP contribution >= 0.6 is 0 Å². The first-order chi connectivity index (χ1) is 8.10. The van der Waals surface area contributed by atoms with Crippen LogP contribution in [0.3, 0.4) is 0 Å². The number of hydrogen-bond donors (Lipinski definition) is 1. The smallest absolute Gasteiger partial charge is 0.335 e. The summed E-state index contributed by atoms with van der Waals surface area (Å²) in [5, 5.41) is 17.9. The molecule has 90 valence electrons. The molecule has 0 amide bonds. The van der Waals surface area contributed by atoms with Gasteiger partial charge in [-0.2, -0.15) is 5.26 Å². The Morgan fingerprint density at radius 3 is 2.76 bits per heavy atom. The average Bonchev–Trinajstić information content (AvgIpc) is 2.34. The highest BCUT2D eigenvalue weighted by Gasteiger charge is 2.10. The first-order valence-corrected chi connectivity index (χ1v) is 5.58. The van der Waals surface area contributed by atoms with E-state index >= 15 is 0 Å². The molecule has 0 radical (unpaired) electrons. The predicted molar refractivity (Wildman–Crippen MR) is 66.3 cm³/mol. The van der Waals surface area contributed by atoms with Gasteiger partial charge in [-0.15, -0.1) is 0 Å². The first-order valence-electron chi connectivity index (χ1n) is 5.58. The van der Waals surface area contributed by atoms with Crippen molar-refractivity contribution >= 4 is 11.7 Å². The summed E-state index contributed by atoms with van der Waals surface area (Å²) in [6.45, 7) is 2.96. The van der Waals surface area contributed by atoms with Crippen LogP contribution in [-0.2, 0) is 0 Å². The Morgan fingerprint density at radius 1 is 1.53 bits per heavy atom. The lowest BCUT2D eigenvalue weighted by Gasteiger charge is -2.20. The number of hydrogen-bond acceptors (Lipinski definition) is 3. The second-order valence-corrected chi connectivity index (χ2v) is 3.92. The third-order valence-electron chi connectivity index (χ3n) is 2.62. The summed E-state index contributed by atoms with van der Waals surface area (Å²) in [5.41, 5.74) is 1.34. The molecule has 0 aliphatic carbocycles. The van der Waals surface area contributed by atoms with Crippen molar-refractivity contribution in [3.63, 3.8) is 0 Å². The van der Waals surface area contributed by atoms with Crippen LogP contribution in [0.15, 0.2) is 18.2 Å². The van der Waals surface area contributed by atoms with Crippen molar-refractivity contribution in [3.8, 4) is 6.07 Å². The van der Waals surface area contributed by atoms with Crippen LogP contribution in [-0.4, -0.2) is 24.7 Å². The molecule has 0 bridgehead atoms. The molecule has 17 heavy (non-hydrogen) atoms. The monoisotopic (exact) mass is 232 g/mol. The van der Waals surface area contributed by atoms with Gasteiger partial charge in [0.15, 0.2) is 0 Å². The van der Waals surface area contributed by atoms with Crippen molar-refractivity contribution in [1.82, 2.24) is 0 Å². The van der Waals surface area contributed by atoms with Crippen molar-refractivity contribution in [2.75, 3.05) is 18.5 Å². The Bertz CT molecular complexity index is 449. The second-order valence-electron chi connectivity index (χ2n) is 3.92. The lowest BCUT2D eigenvalue weighted by Crippen LogP contribution is -2.19. The maximum Gasteiger partial charge on any atom is 0.335 e. The maximum absolute atomic E-state index is 10.8. The fourth-order valence-electron chi connectivity index (χ4n) is 1.61. The zero-order chi connectivity index (χ0) is 12.8. The molecule has 4 nitrogen and oxygen atoms in total. The number of nitrogens with zero attached hydrogens (tertiary/aromatic N) is 2. The number of carboxylic acids is 1. The molecule has 1 aromatic carbocycles. The zero-order valence-electron chi connectivity index (χ0n) is 10.1. The molecule has 0 atom stereocenters. The molecule has 0 unspecified atom stereocenters. The standard InChI is InChI=1S/C13H16N2O2/c1-3-4-7-15(2)12-6-5-10(13(16)17)8-11(12)9-14/h5-6,8H,3-4,7H2,1-2H3,(H,16,17). The summed E-state index contributed by atoms with van der Waals surface area (Å²) in [4.78, 5) is 12.8. The number of anilines is 1. The summed E-state index contributed by atoms with van der Waals surface area (Å²) in [6.07, 6.45) is 2.13. The van der Waals surface area contributed by atoms with E-state index in [1.54, 1.807) is 6.07 Å². The first kappa shape index (κ1) is 13.0. The van der Waals surface area contributed by atoms with E-state index in [0.29, 0.717) is 5.56 Å². The lowest BCUT2D eigenvalue weighted by atomic mass is 10.1. The SMILES string of the molecule is CCCCN(C)c1ccc(C(=O)O)cc1C#N. The van der Waals surface area contributed by atoms with Gasteiger partial charge in [-0.3, -0.25) is 0 Å². The fraction of sp³-hybridized carbons (Fsp3) is 0.385. The Labute approximate surface area is 101 Å². The van der Waals surface area contributed by atoms with E-state index in [9.17, 15) is 4.79 Å². The number of aromatic carboxylic acids is 1. The largest absolute Gasteiger partial charge is 0.478 e. The highest BCUT2D eigenvalue weighted by atomic mass is 16.4. The van der Waals surface area contributed by atoms with Gasteiger partial charge in [0.25, 0.3) is 0 Å². The van der Waals surface area contributed by atoms with Crippen molar-refractivity contribution in [2.45, 2.75) is 19.8 Å². The van der Waals surface area contributed by atoms with Crippen LogP contribution in [0, 0.1) is 11.3 Å². The minimum absolute atomic E-state index is 0.147. The molecule has 4 heteroatoms. The van der Waals surface area contributed by atoms with E-state index in [4.69, 9.17) is 10.4 Å². The number of benzene rings is 1. The summed E-state index contributed by atoms with van der Waals surface area (Å²) < 4.78 is 0. The molecule has 0 saturated heterocycles. The molecule has 0 saturated carbocycles. The van der Waals surface area contributed by atoms with Crippen LogP contribution in [0.2, 0.25) is 0 Å². The Hall–Kier alpha value is -2.02. The molecule has 0 spiro atoms. The van der Waals surface area contributed by atoms with E-state index in [0.717, 1.165) is 25.1 Å². The molecule has 0 heterocycles. The highest BCUT2D eigenvalue weighted by Crippen LogP contribution is 2.20. The van der Waals surface area contributed by atoms with E-state index in [2.05, 4.69) is 6.92 Å². The van der Waals surface area contributed by atoms with Crippen LogP contribution in [0.25, 0.3) is 0 Å². The van der Waals surface area contributed by atoms with Crippen LogP contribution < -0.4 is 4.90 Å². The predicted octanol–water partition coefficient (Wildman–Crippen LogP) is 2.49. The van der Waals surface area contributed by atoms with Crippen molar-refractivity contribution < 1.29 is 9.90 Å². The van der Waals surface area contributed by atoms with Gasteiger partial charge in [-0.25, -0.2) is 4.79 Å². The minimum atomic E-state index is -1.01. The van der Waals surface area contributed by atoms with Crippen molar-refractivity contribution in [3.05, 3.63) is 29.3 Å². The fourth-order valence-corrected chi connectivity index (χ4v) is 1.61. The molecular weight excluding hydrogens is 216 g/mol. The van der Waals surface area contributed by atoms with Gasteiger partial charge in [0, 0.05) is 13.6 Å². The number of unbranched alkanes of at least 4 members (excludes halogenated alkanes) is 1. The minimum Gasteiger partial charge on any atom is -0.478 e. The van der Waals surface area contributed by atoms with E-state index < -0.39 is 5.97 Å². The molecule has 1 rings (SSSR count). The Morgan fingerprint density at radius 2 is 2.24 bits per heavy atom. The maximum atomic E-state index is 10.8. The van der Waals surface area contributed by atoms with Gasteiger partial charge in [0.2, 0.25) is 0 Å². The van der Waals surface area contributed by atoms with E-state index in [1.165, 1.54) is 12.1 Å². The highest BCUT2D eigenvalue weighted by molar-refractivity contribution is 5.89. The normalized spacial score (nSPS) is 9.71. The van der Waals surface area contributed by atoms with Crippen LogP contribution in [0.5, 0.6) is 0 Å². The van der Waals surface area contributed by atoms with Crippen LogP contribution in [0.1, 0.15) is 35.7 Å². The van der Waals surface area contributed by atoms with Gasteiger partial charge in [0.1, 0.15) is 6.07 Å². The summed E-state index contributed by atoms with van der Waals surface area (Å²) in [7, 11) is 1.91. The molecular formula is C13H16N2O2. The average molecular weight is 232 g/mol. The van der Waals surface area contributed by atoms with Gasteiger partial charge >= 0.3 is 5.97 Å². The van der Waals surface area contributed by atoms with Crippen molar-refractivity contribution in [1.29, 1.82) is 5.26 Å². The van der Waals surface area contributed by atoms with E-state index in [-0.39, 0.29) is 5.56 Å². The molecule has 0 aliphatic heterocycles. The molecule has 0 aromatic heterocycles. The zero-order valence-corrected chi connectivity index (χ0v) is 10.1. The number of carboxylic acid groups (broad SMARTS) is 1. The van der Waals surface area contributed by atoms with Gasteiger partial charge in [-0.05, 0) is 24.6 Å². The lowest BCUT2D eigenvalue weighted by molar-refractivity contribution is 0.0697. The summed E-state index contributed by atoms with van der Waals surface area (Å²) in [5.74, 6) is -1.01. The van der Waals surface area contributed by atoms with Gasteiger partial charge < -0.3 is 10.0 Å². The van der Waals surface area contributed by atoms with Gasteiger partial charge in [0.05, 0.1) is 16.8 Å². The number of rotatable bonds is 5. The number of nitriles is 1. The Kier molecular flexibility index (Phi) is 4.53. The molecule has 1 N–H and O–H groups in total. The van der Waals surface area contributed by atoms with E-state index in [1.807, 2.05) is 18.0 Å². The van der Waals surface area contributed by atoms with Crippen LogP contribution in [0.4, 0.5) is 5.69 Å². The Balaban J connectivity index is 3.01. The van der Waals surface area contributed by atoms with Crippen molar-refractivity contribution in [2.24, 2.45) is 0 Å². The topological polar surface area (TPSA) is 64.3 Å². The number of carbonyl (C=O) groups is 1.